The van der Waals surface area contributed by atoms with E-state index in [1.54, 1.807) is 27.7 Å². The van der Waals surface area contributed by atoms with Crippen LogP contribution in [0, 0.1) is 99.1 Å². The van der Waals surface area contributed by atoms with E-state index >= 15 is 52.7 Å². The molecule has 0 amide bonds. The van der Waals surface area contributed by atoms with Gasteiger partial charge in [0.15, 0.2) is 0 Å². The molecule has 1 aliphatic carbocycles. The van der Waals surface area contributed by atoms with Crippen molar-refractivity contribution < 1.29 is 73.1 Å². The van der Waals surface area contributed by atoms with E-state index in [0.717, 1.165) is 0 Å². The summed E-state index contributed by atoms with van der Waals surface area (Å²) >= 11 is -6.33. The molecule has 21 heteroatoms. The van der Waals surface area contributed by atoms with E-state index in [9.17, 15) is 13.2 Å². The molecule has 4 aromatic carbocycles. The fourth-order valence-electron chi connectivity index (χ4n) is 7.27. The first-order chi connectivity index (χ1) is 28.1. The first kappa shape index (κ1) is 45.0. The molecule has 0 saturated carbocycles. The van der Waals surface area contributed by atoms with Gasteiger partial charge in [-0.2, -0.15) is 0 Å². The van der Waals surface area contributed by atoms with Gasteiger partial charge in [-0.1, -0.05) is 0 Å². The summed E-state index contributed by atoms with van der Waals surface area (Å²) < 4.78 is 247. The molecule has 318 valence electrons. The second kappa shape index (κ2) is 16.7. The zero-order valence-corrected chi connectivity index (χ0v) is 34.2. The maximum atomic E-state index is 16.7. The molecular formula is C39H28BF15GeN2OS. The van der Waals surface area contributed by atoms with E-state index in [0.29, 0.717) is 10.1 Å². The van der Waals surface area contributed by atoms with Crippen molar-refractivity contribution in [2.75, 3.05) is 13.1 Å². The summed E-state index contributed by atoms with van der Waals surface area (Å²) in [6.07, 6.45) is 0.955. The molecule has 1 aliphatic heterocycles. The van der Waals surface area contributed by atoms with Crippen molar-refractivity contribution in [3.8, 4) is 0 Å². The molecule has 0 bridgehead atoms. The number of hydrogen-bond donors (Lipinski definition) is 0. The van der Waals surface area contributed by atoms with Crippen molar-refractivity contribution in [1.82, 2.24) is 3.86 Å². The molecule has 0 radical (unpaired) electrons. The second-order valence-electron chi connectivity index (χ2n) is 14.5. The molecule has 0 spiro atoms. The summed E-state index contributed by atoms with van der Waals surface area (Å²) in [5.41, 5.74) is -8.23. The van der Waals surface area contributed by atoms with Crippen LogP contribution in [0.2, 0.25) is 0 Å². The van der Waals surface area contributed by atoms with Crippen LogP contribution >= 0.6 is 10.1 Å². The maximum absolute atomic E-state index is 16.7. The van der Waals surface area contributed by atoms with Crippen LogP contribution in [0.15, 0.2) is 71.3 Å². The minimum atomic E-state index is -6.35. The molecule has 1 atom stereocenters. The Morgan fingerprint density at radius 3 is 1.33 bits per heavy atom. The third kappa shape index (κ3) is 7.04. The summed E-state index contributed by atoms with van der Waals surface area (Å²) in [7, 11) is 0.546. The molecule has 0 aromatic heterocycles. The number of nitrogens with zero attached hydrogens (tertiary/aromatic N) is 2. The summed E-state index contributed by atoms with van der Waals surface area (Å²) in [6, 6.07) is 7.09. The molecule has 60 heavy (non-hydrogen) atoms. The molecule has 0 N–H and O–H groups in total. The summed E-state index contributed by atoms with van der Waals surface area (Å²) in [6.45, 7) is 5.83. The van der Waals surface area contributed by atoms with Crippen LogP contribution in [0.1, 0.15) is 27.7 Å². The van der Waals surface area contributed by atoms with Crippen molar-refractivity contribution in [2.45, 2.75) is 32.6 Å². The van der Waals surface area contributed by atoms with Gasteiger partial charge in [0, 0.05) is 0 Å². The predicted octanol–water partition coefficient (Wildman–Crippen LogP) is 9.08. The summed E-state index contributed by atoms with van der Waals surface area (Å²) in [5, 5.41) is 0. The molecule has 0 unspecified atom stereocenters. The van der Waals surface area contributed by atoms with E-state index in [1.807, 2.05) is 0 Å². The van der Waals surface area contributed by atoms with Crippen molar-refractivity contribution in [3.63, 3.8) is 0 Å². The summed E-state index contributed by atoms with van der Waals surface area (Å²) in [4.78, 5) is 0.0779. The van der Waals surface area contributed by atoms with E-state index in [1.165, 1.54) is 68.1 Å². The zero-order valence-electron chi connectivity index (χ0n) is 31.3. The van der Waals surface area contributed by atoms with E-state index in [2.05, 4.69) is 0 Å². The second-order valence-corrected chi connectivity index (χ2v) is 24.3. The number of halogens is 15. The Bertz CT molecular complexity index is 2300. The van der Waals surface area contributed by atoms with Crippen LogP contribution in [0.5, 0.6) is 0 Å². The van der Waals surface area contributed by atoms with E-state index in [-0.39, 0.29) is 29.4 Å². The van der Waals surface area contributed by atoms with Crippen molar-refractivity contribution in [1.29, 1.82) is 0 Å². The Hall–Kier alpha value is -4.56. The van der Waals surface area contributed by atoms with Gasteiger partial charge in [0.2, 0.25) is 0 Å². The molecule has 1 heterocycles. The first-order valence-corrected chi connectivity index (χ1v) is 23.9. The minimum absolute atomic E-state index is 0.0779. The van der Waals surface area contributed by atoms with Gasteiger partial charge in [-0.25, -0.2) is 0 Å². The van der Waals surface area contributed by atoms with Gasteiger partial charge in [-0.05, 0) is 0 Å². The Morgan fingerprint density at radius 1 is 0.550 bits per heavy atom. The van der Waals surface area contributed by atoms with Crippen LogP contribution in [0.4, 0.5) is 65.9 Å². The van der Waals surface area contributed by atoms with Gasteiger partial charge in [-0.3, -0.25) is 0 Å². The van der Waals surface area contributed by atoms with Gasteiger partial charge >= 0.3 is 340 Å². The molecule has 3 nitrogen and oxygen atoms in total. The first-order valence-electron chi connectivity index (χ1n) is 17.8. The van der Waals surface area contributed by atoms with Gasteiger partial charge in [0.05, 0.1) is 0 Å². The monoisotopic (exact) mass is 942 g/mol. The van der Waals surface area contributed by atoms with Gasteiger partial charge in [0.25, 0.3) is 0 Å². The van der Waals surface area contributed by atoms with Gasteiger partial charge < -0.3 is 0 Å². The standard InChI is InChI=1S/C39H28BF15GeN2OS/c1-17(2)15-57-20-13-9-6-10-14-21(20)58(16-18(3)4)56(57,60-19-11-7-5-8-12-19)59-40(22-25(41)31(47)37(53)32(48)26(22)42,23-27(43)33(49)38(54)34(50)28(23)44)24-29(45)35(51)39(55)36(52)30(24)46/h5-14,17-18H,15-16H2,1-4H3. The molecular weight excluding hydrogens is 913 g/mol. The number of allylic oxidation sites excluding steroid dienone is 5. The molecule has 4 aromatic rings. The van der Waals surface area contributed by atoms with Gasteiger partial charge in [0.1, 0.15) is 0 Å². The van der Waals surface area contributed by atoms with Crippen molar-refractivity contribution >= 4 is 51.4 Å². The third-order valence-electron chi connectivity index (χ3n) is 9.63. The molecule has 0 fully saturated rings. The molecule has 6 rings (SSSR count). The SMILES string of the molecule is CC(C)C[N]1C2=CC=CC=CC2=[N+](CC(C)C)[Ge@]1([O][B-](c1c(F)c(F)c(F)c(F)c1F)(c1c(F)c(F)c(F)c(F)c1F)c1c(F)c(F)c(F)c(F)c1F)[S]c1ccccc1. The van der Waals surface area contributed by atoms with Crippen LogP contribution in [-0.4, -0.2) is 45.4 Å². The van der Waals surface area contributed by atoms with Crippen LogP contribution in [0.3, 0.4) is 0 Å². The van der Waals surface area contributed by atoms with Crippen LogP contribution in [-0.2, 0) is 3.68 Å². The van der Waals surface area contributed by atoms with Crippen molar-refractivity contribution in [3.05, 3.63) is 154 Å². The van der Waals surface area contributed by atoms with E-state index in [4.69, 9.17) is 3.68 Å². The fourth-order valence-corrected chi connectivity index (χ4v) is 22.6. The van der Waals surface area contributed by atoms with E-state index < -0.39 is 135 Å². The predicted molar refractivity (Wildman–Crippen MR) is 195 cm³/mol. The average Bonchev–Trinajstić information content (AvgIpc) is 3.33. The van der Waals surface area contributed by atoms with Gasteiger partial charge in [-0.15, -0.1) is 0 Å². The molecule has 0 saturated heterocycles. The topological polar surface area (TPSA) is 15.5 Å². The van der Waals surface area contributed by atoms with Crippen LogP contribution in [0.25, 0.3) is 0 Å². The Morgan fingerprint density at radius 2 is 0.950 bits per heavy atom. The molecule has 2 aliphatic rings. The fraction of sp³-hybridized carbons (Fsp3) is 0.205. The Balaban J connectivity index is 2.02. The Kier molecular flexibility index (Phi) is 12.5. The van der Waals surface area contributed by atoms with Crippen molar-refractivity contribution in [2.24, 2.45) is 11.8 Å². The number of rotatable bonds is 11. The number of fused-ring (bicyclic) bond motifs is 1. The normalized spacial score (nSPS) is 16.8. The zero-order chi connectivity index (χ0) is 44.3. The third-order valence-corrected chi connectivity index (χ3v) is 22.4. The average molecular weight is 941 g/mol. The number of benzene rings is 4. The number of hydrogen-bond acceptors (Lipinski definition) is 3. The van der Waals surface area contributed by atoms with Crippen LogP contribution < -0.4 is 16.4 Å². The Labute approximate surface area is 338 Å². The summed E-state index contributed by atoms with van der Waals surface area (Å²) in [5.74, 6) is -47.5. The quantitative estimate of drug-likeness (QED) is 0.0647.